The van der Waals surface area contributed by atoms with Crippen molar-refractivity contribution in [3.63, 3.8) is 0 Å². The molecular formula is C23H18Cl2N2O2. The molecule has 29 heavy (non-hydrogen) atoms. The van der Waals surface area contributed by atoms with E-state index >= 15 is 0 Å². The minimum absolute atomic E-state index is 0.0914. The normalized spacial score (nSPS) is 11.1. The van der Waals surface area contributed by atoms with Crippen LogP contribution < -0.4 is 10.6 Å². The van der Waals surface area contributed by atoms with E-state index in [-0.39, 0.29) is 16.3 Å². The van der Waals surface area contributed by atoms with E-state index in [0.29, 0.717) is 10.7 Å². The highest BCUT2D eigenvalue weighted by atomic mass is 35.5. The summed E-state index contributed by atoms with van der Waals surface area (Å²) in [5.74, 6) is -0.953. The van der Waals surface area contributed by atoms with Gasteiger partial charge in [-0.05, 0) is 54.5 Å². The maximum absolute atomic E-state index is 12.9. The van der Waals surface area contributed by atoms with Gasteiger partial charge in [-0.25, -0.2) is 0 Å². The summed E-state index contributed by atoms with van der Waals surface area (Å²) in [5.41, 5.74) is 2.72. The Balaban J connectivity index is 1.89. The summed E-state index contributed by atoms with van der Waals surface area (Å²) in [6.45, 7) is 1.93. The number of rotatable bonds is 5. The molecule has 0 atom stereocenters. The predicted octanol–water partition coefficient (Wildman–Crippen LogP) is 5.71. The van der Waals surface area contributed by atoms with E-state index in [1.807, 2.05) is 55.5 Å². The molecule has 0 radical (unpaired) electrons. The Kier molecular flexibility index (Phi) is 6.70. The van der Waals surface area contributed by atoms with E-state index in [1.165, 1.54) is 12.1 Å². The van der Waals surface area contributed by atoms with Gasteiger partial charge in [-0.3, -0.25) is 9.59 Å². The number of nitrogens with one attached hydrogen (secondary N) is 2. The molecule has 146 valence electrons. The second kappa shape index (κ2) is 9.41. The smallest absolute Gasteiger partial charge is 0.272 e. The van der Waals surface area contributed by atoms with Crippen molar-refractivity contribution < 1.29 is 9.59 Å². The second-order valence-corrected chi connectivity index (χ2v) is 7.21. The molecule has 6 heteroatoms. The Labute approximate surface area is 179 Å². The standard InChI is InChI=1S/C23H18Cl2N2O2/c1-15-6-5-9-18(12-15)26-23(29)21(13-16-7-3-2-4-8-16)27-22(28)19-11-10-17(24)14-20(19)25/h2-14H,1H3,(H,26,29)(H,27,28)/b21-13-. The summed E-state index contributed by atoms with van der Waals surface area (Å²) in [6.07, 6.45) is 1.60. The Hall–Kier alpha value is -3.08. The lowest BCUT2D eigenvalue weighted by atomic mass is 10.1. The fourth-order valence-corrected chi connectivity index (χ4v) is 3.15. The number of carbonyl (C=O) groups excluding carboxylic acids is 2. The van der Waals surface area contributed by atoms with Crippen LogP contribution in [0.3, 0.4) is 0 Å². The molecule has 4 nitrogen and oxygen atoms in total. The third-order valence-electron chi connectivity index (χ3n) is 4.06. The lowest BCUT2D eigenvalue weighted by molar-refractivity contribution is -0.113. The Morgan fingerprint density at radius 2 is 1.66 bits per heavy atom. The highest BCUT2D eigenvalue weighted by Crippen LogP contribution is 2.21. The number of hydrogen-bond donors (Lipinski definition) is 2. The highest BCUT2D eigenvalue weighted by Gasteiger charge is 2.17. The Morgan fingerprint density at radius 1 is 0.897 bits per heavy atom. The molecular weight excluding hydrogens is 407 g/mol. The van der Waals surface area contributed by atoms with Crippen LogP contribution in [-0.4, -0.2) is 11.8 Å². The molecule has 0 heterocycles. The van der Waals surface area contributed by atoms with Gasteiger partial charge >= 0.3 is 0 Å². The molecule has 0 saturated heterocycles. The van der Waals surface area contributed by atoms with Crippen LogP contribution in [0, 0.1) is 6.92 Å². The molecule has 3 aromatic rings. The minimum Gasteiger partial charge on any atom is -0.321 e. The van der Waals surface area contributed by atoms with Crippen molar-refractivity contribution in [1.29, 1.82) is 0 Å². The first-order chi connectivity index (χ1) is 13.9. The monoisotopic (exact) mass is 424 g/mol. The van der Waals surface area contributed by atoms with Gasteiger partial charge in [0.15, 0.2) is 0 Å². The average molecular weight is 425 g/mol. The predicted molar refractivity (Wildman–Crippen MR) is 118 cm³/mol. The largest absolute Gasteiger partial charge is 0.321 e. The third kappa shape index (κ3) is 5.70. The van der Waals surface area contributed by atoms with Crippen molar-refractivity contribution in [3.05, 3.63) is 105 Å². The van der Waals surface area contributed by atoms with Gasteiger partial charge in [0, 0.05) is 10.7 Å². The second-order valence-electron chi connectivity index (χ2n) is 6.37. The zero-order valence-corrected chi connectivity index (χ0v) is 17.1. The SMILES string of the molecule is Cc1cccc(NC(=O)/C(=C/c2ccccc2)NC(=O)c2ccc(Cl)cc2Cl)c1. The maximum atomic E-state index is 12.9. The Morgan fingerprint density at radius 3 is 2.34 bits per heavy atom. The number of aryl methyl sites for hydroxylation is 1. The van der Waals surface area contributed by atoms with Crippen molar-refractivity contribution in [2.75, 3.05) is 5.32 Å². The number of benzene rings is 3. The topological polar surface area (TPSA) is 58.2 Å². The molecule has 3 aromatic carbocycles. The van der Waals surface area contributed by atoms with Crippen LogP contribution in [0.1, 0.15) is 21.5 Å². The molecule has 0 saturated carbocycles. The van der Waals surface area contributed by atoms with E-state index in [9.17, 15) is 9.59 Å². The minimum atomic E-state index is -0.506. The molecule has 0 aliphatic carbocycles. The number of halogens is 2. The lowest BCUT2D eigenvalue weighted by Crippen LogP contribution is -2.31. The summed E-state index contributed by atoms with van der Waals surface area (Å²) >= 11 is 12.0. The van der Waals surface area contributed by atoms with E-state index in [4.69, 9.17) is 23.2 Å². The Bertz CT molecular complexity index is 1080. The third-order valence-corrected chi connectivity index (χ3v) is 4.60. The summed E-state index contributed by atoms with van der Waals surface area (Å²) in [6, 6.07) is 21.2. The van der Waals surface area contributed by atoms with Crippen LogP contribution >= 0.6 is 23.2 Å². The van der Waals surface area contributed by atoms with Crippen molar-refractivity contribution in [2.24, 2.45) is 0 Å². The molecule has 2 amide bonds. The van der Waals surface area contributed by atoms with Gasteiger partial charge in [-0.2, -0.15) is 0 Å². The summed E-state index contributed by atoms with van der Waals surface area (Å²) < 4.78 is 0. The van der Waals surface area contributed by atoms with Crippen LogP contribution in [0.5, 0.6) is 0 Å². The van der Waals surface area contributed by atoms with E-state index in [0.717, 1.165) is 11.1 Å². The lowest BCUT2D eigenvalue weighted by Gasteiger charge is -2.12. The molecule has 0 unspecified atom stereocenters. The summed E-state index contributed by atoms with van der Waals surface area (Å²) in [4.78, 5) is 25.6. The molecule has 0 aliphatic rings. The number of hydrogen-bond acceptors (Lipinski definition) is 2. The molecule has 0 fully saturated rings. The van der Waals surface area contributed by atoms with Gasteiger partial charge in [0.05, 0.1) is 10.6 Å². The van der Waals surface area contributed by atoms with Gasteiger partial charge in [0.1, 0.15) is 5.70 Å². The zero-order valence-electron chi connectivity index (χ0n) is 15.6. The van der Waals surface area contributed by atoms with Crippen LogP contribution in [0.2, 0.25) is 10.0 Å². The number of carbonyl (C=O) groups is 2. The summed E-state index contributed by atoms with van der Waals surface area (Å²) in [7, 11) is 0. The fraction of sp³-hybridized carbons (Fsp3) is 0.0435. The van der Waals surface area contributed by atoms with Crippen molar-refractivity contribution >= 4 is 46.8 Å². The highest BCUT2D eigenvalue weighted by molar-refractivity contribution is 6.36. The van der Waals surface area contributed by atoms with Crippen LogP contribution in [0.25, 0.3) is 6.08 Å². The first kappa shape index (κ1) is 20.6. The molecule has 0 spiro atoms. The van der Waals surface area contributed by atoms with Crippen molar-refractivity contribution in [3.8, 4) is 0 Å². The first-order valence-electron chi connectivity index (χ1n) is 8.83. The van der Waals surface area contributed by atoms with Gasteiger partial charge in [-0.15, -0.1) is 0 Å². The molecule has 0 aliphatic heterocycles. The van der Waals surface area contributed by atoms with E-state index < -0.39 is 11.8 Å². The van der Waals surface area contributed by atoms with Crippen molar-refractivity contribution in [1.82, 2.24) is 5.32 Å². The molecule has 3 rings (SSSR count). The van der Waals surface area contributed by atoms with Crippen molar-refractivity contribution in [2.45, 2.75) is 6.92 Å². The zero-order chi connectivity index (χ0) is 20.8. The van der Waals surface area contributed by atoms with Crippen LogP contribution in [-0.2, 0) is 4.79 Å². The quantitative estimate of drug-likeness (QED) is 0.515. The van der Waals surface area contributed by atoms with Gasteiger partial charge in [0.25, 0.3) is 11.8 Å². The number of anilines is 1. The average Bonchev–Trinajstić information content (AvgIpc) is 2.68. The van der Waals surface area contributed by atoms with E-state index in [1.54, 1.807) is 18.2 Å². The van der Waals surface area contributed by atoms with Gasteiger partial charge < -0.3 is 10.6 Å². The molecule has 0 bridgehead atoms. The summed E-state index contributed by atoms with van der Waals surface area (Å²) in [5, 5.41) is 6.09. The number of amides is 2. The van der Waals surface area contributed by atoms with Gasteiger partial charge in [0.2, 0.25) is 0 Å². The van der Waals surface area contributed by atoms with Gasteiger partial charge in [-0.1, -0.05) is 65.7 Å². The van der Waals surface area contributed by atoms with Crippen LogP contribution in [0.4, 0.5) is 5.69 Å². The maximum Gasteiger partial charge on any atom is 0.272 e. The molecule has 2 N–H and O–H groups in total. The first-order valence-corrected chi connectivity index (χ1v) is 9.59. The molecule has 0 aromatic heterocycles. The fourth-order valence-electron chi connectivity index (χ4n) is 2.66. The van der Waals surface area contributed by atoms with Crippen LogP contribution in [0.15, 0.2) is 78.5 Å². The van der Waals surface area contributed by atoms with E-state index in [2.05, 4.69) is 10.6 Å².